The molecular formula is C18H26F3N3O2. The van der Waals surface area contributed by atoms with E-state index in [9.17, 15) is 18.3 Å². The lowest BCUT2D eigenvalue weighted by molar-refractivity contribution is -0.137. The molecule has 2 fully saturated rings. The summed E-state index contributed by atoms with van der Waals surface area (Å²) in [5, 5.41) is 10.4. The Hall–Kier alpha value is -1.35. The molecule has 8 heteroatoms. The van der Waals surface area contributed by atoms with Crippen molar-refractivity contribution >= 4 is 5.69 Å². The summed E-state index contributed by atoms with van der Waals surface area (Å²) in [5.41, 5.74) is -0.0149. The van der Waals surface area contributed by atoms with Gasteiger partial charge in [-0.05, 0) is 32.3 Å². The van der Waals surface area contributed by atoms with Gasteiger partial charge < -0.3 is 19.6 Å². The van der Waals surface area contributed by atoms with Crippen molar-refractivity contribution in [3.8, 4) is 0 Å². The molecule has 2 saturated heterocycles. The first-order valence-electron chi connectivity index (χ1n) is 8.86. The van der Waals surface area contributed by atoms with Gasteiger partial charge in [0.25, 0.3) is 0 Å². The van der Waals surface area contributed by atoms with Crippen molar-refractivity contribution in [2.75, 3.05) is 58.3 Å². The molecule has 0 saturated carbocycles. The second-order valence-corrected chi connectivity index (χ2v) is 7.23. The van der Waals surface area contributed by atoms with Crippen molar-refractivity contribution in [2.24, 2.45) is 0 Å². The van der Waals surface area contributed by atoms with Crippen LogP contribution < -0.4 is 4.90 Å². The van der Waals surface area contributed by atoms with Gasteiger partial charge in [0.2, 0.25) is 0 Å². The van der Waals surface area contributed by atoms with E-state index in [1.54, 1.807) is 6.07 Å². The average Bonchev–Trinajstić information content (AvgIpc) is 2.96. The zero-order valence-corrected chi connectivity index (χ0v) is 15.1. The van der Waals surface area contributed by atoms with Crippen molar-refractivity contribution in [2.45, 2.75) is 24.4 Å². The van der Waals surface area contributed by atoms with E-state index in [1.165, 1.54) is 12.1 Å². The van der Waals surface area contributed by atoms with Crippen molar-refractivity contribution < 1.29 is 23.0 Å². The number of alkyl halides is 3. The van der Waals surface area contributed by atoms with Gasteiger partial charge in [0.15, 0.2) is 0 Å². The predicted molar refractivity (Wildman–Crippen MR) is 93.3 cm³/mol. The molecule has 0 radical (unpaired) electrons. The Labute approximate surface area is 151 Å². The first-order valence-corrected chi connectivity index (χ1v) is 8.86. The van der Waals surface area contributed by atoms with Crippen molar-refractivity contribution in [3.05, 3.63) is 29.8 Å². The second kappa shape index (κ2) is 7.72. The fraction of sp³-hybridized carbons (Fsp3) is 0.667. The van der Waals surface area contributed by atoms with Gasteiger partial charge in [-0.2, -0.15) is 13.2 Å². The number of nitrogens with zero attached hydrogens (tertiary/aromatic N) is 3. The maximum atomic E-state index is 12.9. The van der Waals surface area contributed by atoms with Crippen LogP contribution in [0, 0.1) is 0 Å². The van der Waals surface area contributed by atoms with Crippen LogP contribution in [0.2, 0.25) is 0 Å². The van der Waals surface area contributed by atoms with Crippen LogP contribution in [-0.4, -0.2) is 86.6 Å². The van der Waals surface area contributed by atoms with Gasteiger partial charge in [0.05, 0.1) is 30.4 Å². The number of halogens is 3. The Morgan fingerprint density at radius 2 is 1.88 bits per heavy atom. The summed E-state index contributed by atoms with van der Waals surface area (Å²) in [7, 11) is 3.85. The fourth-order valence-electron chi connectivity index (χ4n) is 3.60. The maximum absolute atomic E-state index is 12.9. The number of aliphatic hydroxyl groups is 1. The van der Waals surface area contributed by atoms with E-state index in [-0.39, 0.29) is 12.1 Å². The van der Waals surface area contributed by atoms with Crippen LogP contribution in [0.15, 0.2) is 24.3 Å². The van der Waals surface area contributed by atoms with Gasteiger partial charge in [-0.15, -0.1) is 0 Å². The number of hydrogen-bond donors (Lipinski definition) is 1. The molecule has 0 aliphatic carbocycles. The third-order valence-corrected chi connectivity index (χ3v) is 5.27. The predicted octanol–water partition coefficient (Wildman–Crippen LogP) is 1.52. The second-order valence-electron chi connectivity index (χ2n) is 7.23. The molecule has 2 heterocycles. The van der Waals surface area contributed by atoms with Gasteiger partial charge in [-0.1, -0.05) is 6.07 Å². The van der Waals surface area contributed by atoms with Crippen LogP contribution in [0.4, 0.5) is 18.9 Å². The van der Waals surface area contributed by atoms with Gasteiger partial charge in [0, 0.05) is 38.4 Å². The Balaban J connectivity index is 1.54. The lowest BCUT2D eigenvalue weighted by atomic mass is 10.1. The maximum Gasteiger partial charge on any atom is 0.416 e. The van der Waals surface area contributed by atoms with E-state index < -0.39 is 17.8 Å². The van der Waals surface area contributed by atoms with E-state index in [0.29, 0.717) is 31.9 Å². The summed E-state index contributed by atoms with van der Waals surface area (Å²) in [6.07, 6.45) is -5.06. The van der Waals surface area contributed by atoms with Gasteiger partial charge in [-0.25, -0.2) is 0 Å². The summed E-state index contributed by atoms with van der Waals surface area (Å²) in [4.78, 5) is 6.15. The zero-order valence-electron chi connectivity index (χ0n) is 15.1. The molecule has 0 unspecified atom stereocenters. The number of aliphatic hydroxyl groups excluding tert-OH is 1. The SMILES string of the molecule is CN(C)[C@H]1CO[C@@H](CN2CCN(c3cccc(C(F)(F)F)c3)CC2)[C@@H]1O. The van der Waals surface area contributed by atoms with Gasteiger partial charge in [0.1, 0.15) is 0 Å². The highest BCUT2D eigenvalue weighted by atomic mass is 19.4. The molecular weight excluding hydrogens is 347 g/mol. The highest BCUT2D eigenvalue weighted by Crippen LogP contribution is 2.32. The van der Waals surface area contributed by atoms with Crippen LogP contribution in [0.1, 0.15) is 5.56 Å². The molecule has 0 spiro atoms. The number of piperazine rings is 1. The lowest BCUT2D eigenvalue weighted by Gasteiger charge is -2.37. The summed E-state index contributed by atoms with van der Waals surface area (Å²) in [5.74, 6) is 0. The molecule has 26 heavy (non-hydrogen) atoms. The molecule has 3 rings (SSSR count). The highest BCUT2D eigenvalue weighted by Gasteiger charge is 2.38. The van der Waals surface area contributed by atoms with E-state index in [4.69, 9.17) is 4.74 Å². The third kappa shape index (κ3) is 4.31. The Bertz CT molecular complexity index is 604. The van der Waals surface area contributed by atoms with Gasteiger partial charge >= 0.3 is 6.18 Å². The third-order valence-electron chi connectivity index (χ3n) is 5.27. The molecule has 0 bridgehead atoms. The Morgan fingerprint density at radius 3 is 2.46 bits per heavy atom. The van der Waals surface area contributed by atoms with E-state index in [1.807, 2.05) is 23.9 Å². The monoisotopic (exact) mass is 373 g/mol. The number of benzene rings is 1. The molecule has 0 amide bonds. The number of rotatable bonds is 4. The number of ether oxygens (including phenoxy) is 1. The summed E-state index contributed by atoms with van der Waals surface area (Å²) in [6.45, 7) is 3.93. The van der Waals surface area contributed by atoms with Crippen LogP contribution in [0.25, 0.3) is 0 Å². The molecule has 5 nitrogen and oxygen atoms in total. The van der Waals surface area contributed by atoms with Crippen LogP contribution in [0.3, 0.4) is 0 Å². The number of anilines is 1. The summed E-state index contributed by atoms with van der Waals surface area (Å²) < 4.78 is 44.4. The number of hydrogen-bond acceptors (Lipinski definition) is 5. The quantitative estimate of drug-likeness (QED) is 0.867. The standard InChI is InChI=1S/C18H26F3N3O2/c1-22(2)15-12-26-16(17(15)25)11-23-6-8-24(9-7-23)14-5-3-4-13(10-14)18(19,20)21/h3-5,10,15-17,25H,6-9,11-12H2,1-2H3/t15-,16-,17+/m0/s1. The summed E-state index contributed by atoms with van der Waals surface area (Å²) in [6, 6.07) is 5.48. The zero-order chi connectivity index (χ0) is 18.9. The first kappa shape index (κ1) is 19.4. The molecule has 1 N–H and O–H groups in total. The largest absolute Gasteiger partial charge is 0.416 e. The Morgan fingerprint density at radius 1 is 1.19 bits per heavy atom. The average molecular weight is 373 g/mol. The van der Waals surface area contributed by atoms with Crippen molar-refractivity contribution in [1.82, 2.24) is 9.80 Å². The molecule has 1 aromatic carbocycles. The topological polar surface area (TPSA) is 39.2 Å². The first-order chi connectivity index (χ1) is 12.3. The van der Waals surface area contributed by atoms with Crippen LogP contribution in [-0.2, 0) is 10.9 Å². The molecule has 3 atom stereocenters. The Kier molecular flexibility index (Phi) is 5.76. The van der Waals surface area contributed by atoms with Crippen molar-refractivity contribution in [1.29, 1.82) is 0 Å². The molecule has 1 aromatic rings. The normalized spacial score (nSPS) is 28.1. The van der Waals surface area contributed by atoms with E-state index in [2.05, 4.69) is 4.90 Å². The minimum atomic E-state index is -4.32. The molecule has 2 aliphatic heterocycles. The fourth-order valence-corrected chi connectivity index (χ4v) is 3.60. The van der Waals surface area contributed by atoms with E-state index >= 15 is 0 Å². The highest BCUT2D eigenvalue weighted by molar-refractivity contribution is 5.49. The minimum Gasteiger partial charge on any atom is -0.389 e. The molecule has 2 aliphatic rings. The van der Waals surface area contributed by atoms with Crippen LogP contribution in [0.5, 0.6) is 0 Å². The van der Waals surface area contributed by atoms with Crippen LogP contribution >= 0.6 is 0 Å². The number of likely N-dealkylation sites (N-methyl/N-ethyl adjacent to an activating group) is 1. The molecule has 146 valence electrons. The lowest BCUT2D eigenvalue weighted by Crippen LogP contribution is -2.51. The van der Waals surface area contributed by atoms with Gasteiger partial charge in [-0.3, -0.25) is 4.90 Å². The minimum absolute atomic E-state index is 0.00592. The van der Waals surface area contributed by atoms with E-state index in [0.717, 1.165) is 19.2 Å². The summed E-state index contributed by atoms with van der Waals surface area (Å²) >= 11 is 0. The molecule has 0 aromatic heterocycles. The smallest absolute Gasteiger partial charge is 0.389 e. The van der Waals surface area contributed by atoms with Crippen molar-refractivity contribution in [3.63, 3.8) is 0 Å².